The number of benzene rings is 2. The number of halogens is 1. The van der Waals surface area contributed by atoms with Crippen molar-refractivity contribution >= 4 is 50.5 Å². The summed E-state index contributed by atoms with van der Waals surface area (Å²) in [5.74, 6) is -0.322. The Labute approximate surface area is 152 Å². The van der Waals surface area contributed by atoms with Crippen molar-refractivity contribution in [3.05, 3.63) is 67.7 Å². The number of anilines is 1. The van der Waals surface area contributed by atoms with Crippen molar-refractivity contribution in [2.45, 2.75) is 13.8 Å². The van der Waals surface area contributed by atoms with Crippen molar-refractivity contribution in [3.8, 4) is 0 Å². The van der Waals surface area contributed by atoms with Crippen LogP contribution in [0.3, 0.4) is 0 Å². The van der Waals surface area contributed by atoms with E-state index in [4.69, 9.17) is 12.2 Å². The normalized spacial score (nSPS) is 10.1. The first-order valence-electron chi connectivity index (χ1n) is 6.91. The number of nitro benzene ring substituents is 1. The number of thiocarbonyl (C=S) groups is 1. The summed E-state index contributed by atoms with van der Waals surface area (Å²) >= 11 is 8.36. The predicted molar refractivity (Wildman–Crippen MR) is 100 cm³/mol. The first-order valence-corrected chi connectivity index (χ1v) is 8.11. The van der Waals surface area contributed by atoms with Crippen LogP contribution in [-0.4, -0.2) is 15.9 Å². The van der Waals surface area contributed by atoms with Crippen LogP contribution in [0, 0.1) is 24.0 Å². The van der Waals surface area contributed by atoms with Crippen LogP contribution in [-0.2, 0) is 0 Å². The number of carbonyl (C=O) groups is 1. The molecule has 2 N–H and O–H groups in total. The van der Waals surface area contributed by atoms with E-state index in [1.165, 1.54) is 18.2 Å². The first-order chi connectivity index (χ1) is 11.3. The molecule has 124 valence electrons. The Balaban J connectivity index is 2.08. The molecule has 0 radical (unpaired) electrons. The van der Waals surface area contributed by atoms with E-state index in [0.29, 0.717) is 15.7 Å². The SMILES string of the molecule is Cc1cc(C)cc(C(=O)NC(=S)Nc2ccc([N+](=O)[O-])cc2Br)c1. The van der Waals surface area contributed by atoms with Gasteiger partial charge in [-0.25, -0.2) is 0 Å². The number of hydrogen-bond donors (Lipinski definition) is 2. The maximum atomic E-state index is 12.2. The molecule has 1 amide bonds. The second-order valence-electron chi connectivity index (χ2n) is 5.21. The fourth-order valence-corrected chi connectivity index (χ4v) is 2.82. The third kappa shape index (κ3) is 4.59. The maximum Gasteiger partial charge on any atom is 0.270 e. The molecule has 0 heterocycles. The molecule has 0 aliphatic heterocycles. The fraction of sp³-hybridized carbons (Fsp3) is 0.125. The van der Waals surface area contributed by atoms with Crippen LogP contribution < -0.4 is 10.6 Å². The first kappa shape index (κ1) is 18.0. The molecule has 0 saturated heterocycles. The van der Waals surface area contributed by atoms with Gasteiger partial charge in [0.1, 0.15) is 0 Å². The molecule has 2 aromatic carbocycles. The molecule has 0 saturated carbocycles. The lowest BCUT2D eigenvalue weighted by atomic mass is 10.1. The summed E-state index contributed by atoms with van der Waals surface area (Å²) in [6, 6.07) is 9.73. The van der Waals surface area contributed by atoms with Gasteiger partial charge in [-0.1, -0.05) is 17.2 Å². The van der Waals surface area contributed by atoms with Crippen LogP contribution in [0.2, 0.25) is 0 Å². The lowest BCUT2D eigenvalue weighted by Gasteiger charge is -2.11. The zero-order valence-electron chi connectivity index (χ0n) is 12.9. The number of carbonyl (C=O) groups excluding carboxylic acids is 1. The Bertz CT molecular complexity index is 819. The minimum Gasteiger partial charge on any atom is -0.331 e. The van der Waals surface area contributed by atoms with E-state index in [1.54, 1.807) is 12.1 Å². The summed E-state index contributed by atoms with van der Waals surface area (Å²) < 4.78 is 0.472. The number of nitrogens with zero attached hydrogens (tertiary/aromatic N) is 1. The van der Waals surface area contributed by atoms with E-state index in [1.807, 2.05) is 19.9 Å². The fourth-order valence-electron chi connectivity index (χ4n) is 2.15. The van der Waals surface area contributed by atoms with Gasteiger partial charge in [-0.15, -0.1) is 0 Å². The second kappa shape index (κ2) is 7.50. The van der Waals surface area contributed by atoms with Gasteiger partial charge < -0.3 is 5.32 Å². The Morgan fingerprint density at radius 3 is 2.33 bits per heavy atom. The van der Waals surface area contributed by atoms with E-state index in [2.05, 4.69) is 26.6 Å². The quantitative estimate of drug-likeness (QED) is 0.454. The number of hydrogen-bond acceptors (Lipinski definition) is 4. The molecule has 0 aliphatic rings. The molecule has 0 fully saturated rings. The Morgan fingerprint density at radius 1 is 1.17 bits per heavy atom. The van der Waals surface area contributed by atoms with Crippen molar-refractivity contribution in [2.75, 3.05) is 5.32 Å². The molecule has 2 aromatic rings. The number of nitrogens with one attached hydrogen (secondary N) is 2. The summed E-state index contributed by atoms with van der Waals surface area (Å²) in [5, 5.41) is 16.3. The van der Waals surface area contributed by atoms with Crippen molar-refractivity contribution in [1.29, 1.82) is 0 Å². The van der Waals surface area contributed by atoms with Gasteiger partial charge in [0.25, 0.3) is 11.6 Å². The number of amides is 1. The summed E-state index contributed by atoms with van der Waals surface area (Å²) in [6.45, 7) is 3.82. The molecule has 0 unspecified atom stereocenters. The van der Waals surface area contributed by atoms with Gasteiger partial charge in [-0.2, -0.15) is 0 Å². The third-order valence-corrected chi connectivity index (χ3v) is 3.98. The zero-order chi connectivity index (χ0) is 17.9. The molecule has 0 aromatic heterocycles. The molecule has 24 heavy (non-hydrogen) atoms. The zero-order valence-corrected chi connectivity index (χ0v) is 15.3. The van der Waals surface area contributed by atoms with Crippen LogP contribution in [0.5, 0.6) is 0 Å². The van der Waals surface area contributed by atoms with E-state index >= 15 is 0 Å². The summed E-state index contributed by atoms with van der Waals surface area (Å²) in [5.41, 5.74) is 2.96. The van der Waals surface area contributed by atoms with Gasteiger partial charge in [0.2, 0.25) is 0 Å². The van der Waals surface area contributed by atoms with Gasteiger partial charge in [0.05, 0.1) is 10.6 Å². The molecule has 0 atom stereocenters. The number of non-ortho nitro benzene ring substituents is 1. The van der Waals surface area contributed by atoms with Gasteiger partial charge in [-0.3, -0.25) is 20.2 Å². The second-order valence-corrected chi connectivity index (χ2v) is 6.47. The highest BCUT2D eigenvalue weighted by molar-refractivity contribution is 9.10. The van der Waals surface area contributed by atoms with Gasteiger partial charge in [0, 0.05) is 22.2 Å². The van der Waals surface area contributed by atoms with Crippen molar-refractivity contribution in [2.24, 2.45) is 0 Å². The predicted octanol–water partition coefficient (Wildman–Crippen LogP) is 4.10. The van der Waals surface area contributed by atoms with Crippen molar-refractivity contribution < 1.29 is 9.72 Å². The smallest absolute Gasteiger partial charge is 0.270 e. The minimum atomic E-state index is -0.491. The molecule has 0 spiro atoms. The monoisotopic (exact) mass is 407 g/mol. The number of aryl methyl sites for hydroxylation is 2. The molecular formula is C16H14BrN3O3S. The topological polar surface area (TPSA) is 84.3 Å². The highest BCUT2D eigenvalue weighted by atomic mass is 79.9. The van der Waals surface area contributed by atoms with Crippen LogP contribution in [0.25, 0.3) is 0 Å². The summed E-state index contributed by atoms with van der Waals surface area (Å²) in [4.78, 5) is 22.5. The largest absolute Gasteiger partial charge is 0.331 e. The Morgan fingerprint density at radius 2 is 1.79 bits per heavy atom. The Kier molecular flexibility index (Phi) is 5.63. The summed E-state index contributed by atoms with van der Waals surface area (Å²) in [6.07, 6.45) is 0. The van der Waals surface area contributed by atoms with E-state index in [-0.39, 0.29) is 16.7 Å². The van der Waals surface area contributed by atoms with Crippen molar-refractivity contribution in [3.63, 3.8) is 0 Å². The van der Waals surface area contributed by atoms with Crippen LogP contribution in [0.15, 0.2) is 40.9 Å². The molecule has 6 nitrogen and oxygen atoms in total. The number of rotatable bonds is 3. The highest BCUT2D eigenvalue weighted by Crippen LogP contribution is 2.27. The molecule has 0 bridgehead atoms. The van der Waals surface area contributed by atoms with Crippen LogP contribution in [0.4, 0.5) is 11.4 Å². The van der Waals surface area contributed by atoms with Gasteiger partial charge in [0.15, 0.2) is 5.11 Å². The Hall–Kier alpha value is -2.32. The molecule has 2 rings (SSSR count). The standard InChI is InChI=1S/C16H14BrN3O3S/c1-9-5-10(2)7-11(6-9)15(21)19-16(24)18-14-4-3-12(20(22)23)8-13(14)17/h3-8H,1-2H3,(H2,18,19,21,24). The summed E-state index contributed by atoms with van der Waals surface area (Å²) in [7, 11) is 0. The van der Waals surface area contributed by atoms with E-state index in [0.717, 1.165) is 11.1 Å². The lowest BCUT2D eigenvalue weighted by molar-refractivity contribution is -0.384. The number of nitro groups is 1. The van der Waals surface area contributed by atoms with Gasteiger partial charge in [-0.05, 0) is 60.2 Å². The van der Waals surface area contributed by atoms with E-state index in [9.17, 15) is 14.9 Å². The molecular weight excluding hydrogens is 394 g/mol. The van der Waals surface area contributed by atoms with Crippen LogP contribution >= 0.6 is 28.1 Å². The maximum absolute atomic E-state index is 12.2. The van der Waals surface area contributed by atoms with Crippen molar-refractivity contribution in [1.82, 2.24) is 5.32 Å². The van der Waals surface area contributed by atoms with Crippen LogP contribution in [0.1, 0.15) is 21.5 Å². The average molecular weight is 408 g/mol. The average Bonchev–Trinajstić information content (AvgIpc) is 2.48. The highest BCUT2D eigenvalue weighted by Gasteiger charge is 2.12. The van der Waals surface area contributed by atoms with E-state index < -0.39 is 4.92 Å². The molecule has 0 aliphatic carbocycles. The third-order valence-electron chi connectivity index (χ3n) is 3.12. The molecule has 8 heteroatoms. The minimum absolute atomic E-state index is 0.0439. The van der Waals surface area contributed by atoms with Gasteiger partial charge >= 0.3 is 0 Å². The lowest BCUT2D eigenvalue weighted by Crippen LogP contribution is -2.34.